The predicted octanol–water partition coefficient (Wildman–Crippen LogP) is 13.1. The minimum Gasteiger partial charge on any atom is -0.264 e. The molecule has 274 valence electrons. The molecule has 0 radical (unpaired) electrons. The highest BCUT2D eigenvalue weighted by Crippen LogP contribution is 2.62. The van der Waals surface area contributed by atoms with E-state index in [2.05, 4.69) is 175 Å². The van der Waals surface area contributed by atoms with Crippen molar-refractivity contribution in [2.75, 3.05) is 0 Å². The van der Waals surface area contributed by atoms with Crippen LogP contribution in [0.3, 0.4) is 0 Å². The number of pyridine rings is 1. The molecule has 0 fully saturated rings. The molecule has 1 spiro atoms. The zero-order valence-electron chi connectivity index (χ0n) is 31.9. The van der Waals surface area contributed by atoms with E-state index in [-0.39, 0.29) is 0 Å². The van der Waals surface area contributed by atoms with Gasteiger partial charge in [-0.25, -0.2) is 15.0 Å². The van der Waals surface area contributed by atoms with E-state index in [0.717, 1.165) is 27.8 Å². The van der Waals surface area contributed by atoms with Crippen molar-refractivity contribution in [1.82, 2.24) is 19.9 Å². The lowest BCUT2D eigenvalue weighted by Gasteiger charge is -2.35. The van der Waals surface area contributed by atoms with Crippen molar-refractivity contribution in [1.29, 1.82) is 0 Å². The van der Waals surface area contributed by atoms with Crippen LogP contribution in [-0.4, -0.2) is 19.9 Å². The van der Waals surface area contributed by atoms with Gasteiger partial charge in [0.25, 0.3) is 0 Å². The molecule has 2 aliphatic carbocycles. The highest BCUT2D eigenvalue weighted by Gasteiger charge is 2.50. The van der Waals surface area contributed by atoms with Crippen molar-refractivity contribution < 1.29 is 0 Å². The van der Waals surface area contributed by atoms with Crippen molar-refractivity contribution in [3.05, 3.63) is 229 Å². The first-order valence-electron chi connectivity index (χ1n) is 20.0. The first-order valence-corrected chi connectivity index (χ1v) is 20.0. The smallest absolute Gasteiger partial charge is 0.164 e. The average Bonchev–Trinajstić information content (AvgIpc) is 3.57. The Kier molecular flexibility index (Phi) is 7.41. The molecule has 12 rings (SSSR count). The molecule has 8 aromatic carbocycles. The Morgan fingerprint density at radius 1 is 0.322 bits per heavy atom. The van der Waals surface area contributed by atoms with Crippen LogP contribution < -0.4 is 0 Å². The minimum atomic E-state index is -0.642. The highest BCUT2D eigenvalue weighted by molar-refractivity contribution is 6.06. The maximum absolute atomic E-state index is 5.27. The third-order valence-corrected chi connectivity index (χ3v) is 12.3. The Bertz CT molecular complexity index is 3270. The quantitative estimate of drug-likeness (QED) is 0.180. The number of nitrogens with zero attached hydrogens (tertiary/aromatic N) is 4. The number of hydrogen-bond acceptors (Lipinski definition) is 4. The molecule has 0 aliphatic heterocycles. The molecule has 0 saturated heterocycles. The maximum atomic E-state index is 5.27. The number of fused-ring (bicyclic) bond motifs is 14. The molecule has 1 unspecified atom stereocenters. The summed E-state index contributed by atoms with van der Waals surface area (Å²) in [5.41, 5.74) is 16.7. The topological polar surface area (TPSA) is 51.6 Å². The van der Waals surface area contributed by atoms with Crippen molar-refractivity contribution in [3.63, 3.8) is 0 Å². The molecule has 59 heavy (non-hydrogen) atoms. The van der Waals surface area contributed by atoms with E-state index in [1.807, 2.05) is 30.5 Å². The standard InChI is InChI=1S/C55H34N4/c1-2-14-37(15-3-1)52-57-53(38-26-24-35(25-27-38)40-16-12-32-56-34-40)59-54(58-52)39-28-30-45-43-19-7-6-18-42(43)44-20-8-10-22-47(44)55(50(45)33-39)48-23-11-9-21-46(48)51-41-17-5-4-13-36(41)29-31-49(51)55/h1-34H. The normalized spacial score (nSPS) is 14.5. The summed E-state index contributed by atoms with van der Waals surface area (Å²) in [6.07, 6.45) is 3.68. The predicted molar refractivity (Wildman–Crippen MR) is 239 cm³/mol. The second-order valence-electron chi connectivity index (χ2n) is 15.3. The Morgan fingerprint density at radius 3 is 1.59 bits per heavy atom. The fourth-order valence-electron chi connectivity index (χ4n) is 9.69. The molecule has 2 aromatic heterocycles. The molecule has 0 bridgehead atoms. The van der Waals surface area contributed by atoms with E-state index < -0.39 is 5.41 Å². The van der Waals surface area contributed by atoms with Crippen LogP contribution in [0.5, 0.6) is 0 Å². The van der Waals surface area contributed by atoms with E-state index in [0.29, 0.717) is 17.5 Å². The highest BCUT2D eigenvalue weighted by atomic mass is 15.0. The summed E-state index contributed by atoms with van der Waals surface area (Å²) < 4.78 is 0. The Morgan fingerprint density at radius 2 is 0.864 bits per heavy atom. The molecular weight excluding hydrogens is 717 g/mol. The van der Waals surface area contributed by atoms with E-state index in [9.17, 15) is 0 Å². The summed E-state index contributed by atoms with van der Waals surface area (Å²) >= 11 is 0. The van der Waals surface area contributed by atoms with Crippen LogP contribution in [0.2, 0.25) is 0 Å². The van der Waals surface area contributed by atoms with Crippen LogP contribution >= 0.6 is 0 Å². The van der Waals surface area contributed by atoms with Gasteiger partial charge in [0, 0.05) is 29.1 Å². The van der Waals surface area contributed by atoms with Crippen LogP contribution in [0.1, 0.15) is 22.3 Å². The van der Waals surface area contributed by atoms with E-state index in [1.165, 1.54) is 66.4 Å². The zero-order chi connectivity index (χ0) is 38.9. The van der Waals surface area contributed by atoms with Crippen LogP contribution in [0.15, 0.2) is 207 Å². The molecule has 1 atom stereocenters. The monoisotopic (exact) mass is 750 g/mol. The van der Waals surface area contributed by atoms with Crippen LogP contribution in [0.4, 0.5) is 0 Å². The van der Waals surface area contributed by atoms with E-state index in [1.54, 1.807) is 6.20 Å². The van der Waals surface area contributed by atoms with E-state index >= 15 is 0 Å². The summed E-state index contributed by atoms with van der Waals surface area (Å²) in [5, 5.41) is 2.49. The molecule has 10 aromatic rings. The number of hydrogen-bond donors (Lipinski definition) is 0. The van der Waals surface area contributed by atoms with Gasteiger partial charge in [0.05, 0.1) is 5.41 Å². The Hall–Kier alpha value is -7.82. The zero-order valence-corrected chi connectivity index (χ0v) is 31.9. The molecule has 4 heteroatoms. The van der Waals surface area contributed by atoms with Gasteiger partial charge in [0.15, 0.2) is 17.5 Å². The average molecular weight is 751 g/mol. The van der Waals surface area contributed by atoms with Gasteiger partial charge in [0.2, 0.25) is 0 Å². The number of benzene rings is 8. The third-order valence-electron chi connectivity index (χ3n) is 12.3. The minimum absolute atomic E-state index is 0.620. The SMILES string of the molecule is c1ccc(-c2nc(-c3ccc(-c4cccnc4)cc3)nc(-c3ccc4c(c3)C3(c5ccccc5-c5ccccc5-4)c4ccccc4-c4c3ccc3ccccc43)n2)cc1. The molecular formula is C55H34N4. The fraction of sp³-hybridized carbons (Fsp3) is 0.0182. The van der Waals surface area contributed by atoms with Gasteiger partial charge in [-0.2, -0.15) is 0 Å². The lowest BCUT2D eigenvalue weighted by molar-refractivity contribution is 0.776. The molecule has 4 nitrogen and oxygen atoms in total. The largest absolute Gasteiger partial charge is 0.264 e. The van der Waals surface area contributed by atoms with Crippen molar-refractivity contribution in [3.8, 4) is 78.7 Å². The summed E-state index contributed by atoms with van der Waals surface area (Å²) in [4.78, 5) is 19.9. The van der Waals surface area contributed by atoms with Crippen LogP contribution in [-0.2, 0) is 5.41 Å². The lowest BCUT2D eigenvalue weighted by atomic mass is 9.65. The molecule has 0 N–H and O–H groups in total. The van der Waals surface area contributed by atoms with Gasteiger partial charge in [0.1, 0.15) is 0 Å². The fourth-order valence-corrected chi connectivity index (χ4v) is 9.69. The van der Waals surface area contributed by atoms with Gasteiger partial charge in [-0.3, -0.25) is 4.98 Å². The van der Waals surface area contributed by atoms with Gasteiger partial charge in [-0.15, -0.1) is 0 Å². The van der Waals surface area contributed by atoms with Gasteiger partial charge >= 0.3 is 0 Å². The summed E-state index contributed by atoms with van der Waals surface area (Å²) in [5.74, 6) is 1.87. The maximum Gasteiger partial charge on any atom is 0.164 e. The molecule has 2 heterocycles. The van der Waals surface area contributed by atoms with Crippen molar-refractivity contribution >= 4 is 10.8 Å². The molecule has 0 saturated carbocycles. The van der Waals surface area contributed by atoms with Gasteiger partial charge in [-0.05, 0) is 89.7 Å². The Balaban J connectivity index is 1.15. The van der Waals surface area contributed by atoms with Crippen LogP contribution in [0, 0.1) is 0 Å². The van der Waals surface area contributed by atoms with Gasteiger partial charge < -0.3 is 0 Å². The van der Waals surface area contributed by atoms with Crippen molar-refractivity contribution in [2.45, 2.75) is 5.41 Å². The number of rotatable bonds is 4. The first kappa shape index (κ1) is 33.3. The molecule has 0 amide bonds. The van der Waals surface area contributed by atoms with Crippen LogP contribution in [0.25, 0.3) is 89.4 Å². The Labute approximate surface area is 342 Å². The van der Waals surface area contributed by atoms with E-state index in [4.69, 9.17) is 15.0 Å². The second-order valence-corrected chi connectivity index (χ2v) is 15.3. The first-order chi connectivity index (χ1) is 29.3. The lowest BCUT2D eigenvalue weighted by Crippen LogP contribution is -2.29. The second kappa shape index (κ2) is 13.1. The summed E-state index contributed by atoms with van der Waals surface area (Å²) in [7, 11) is 0. The summed E-state index contributed by atoms with van der Waals surface area (Å²) in [6, 6.07) is 69.9. The van der Waals surface area contributed by atoms with Crippen molar-refractivity contribution in [2.24, 2.45) is 0 Å². The van der Waals surface area contributed by atoms with Gasteiger partial charge in [-0.1, -0.05) is 182 Å². The molecule has 2 aliphatic rings. The number of aromatic nitrogens is 4. The third kappa shape index (κ3) is 5.03. The summed E-state index contributed by atoms with van der Waals surface area (Å²) in [6.45, 7) is 0.